The van der Waals surface area contributed by atoms with Crippen LogP contribution in [0.25, 0.3) is 0 Å². The van der Waals surface area contributed by atoms with Crippen molar-refractivity contribution in [3.8, 4) is 0 Å². The highest BCUT2D eigenvalue weighted by atomic mass is 16.7. The van der Waals surface area contributed by atoms with Crippen LogP contribution in [0.3, 0.4) is 0 Å². The number of ether oxygens (including phenoxy) is 10. The maximum Gasteiger partial charge on any atom is 0.157 e. The van der Waals surface area contributed by atoms with Crippen molar-refractivity contribution < 1.29 is 47.4 Å². The van der Waals surface area contributed by atoms with Crippen molar-refractivity contribution in [1.29, 1.82) is 0 Å². The van der Waals surface area contributed by atoms with Gasteiger partial charge in [0.1, 0.15) is 42.7 Å². The van der Waals surface area contributed by atoms with Crippen molar-refractivity contribution >= 4 is 0 Å². The van der Waals surface area contributed by atoms with Crippen molar-refractivity contribution in [1.82, 2.24) is 0 Å². The first kappa shape index (κ1) is 62.3. The van der Waals surface area contributed by atoms with Crippen LogP contribution < -0.4 is 0 Å². The van der Waals surface area contributed by atoms with Gasteiger partial charge in [-0.25, -0.2) is 0 Å². The van der Waals surface area contributed by atoms with Gasteiger partial charge in [0.25, 0.3) is 0 Å². The molecule has 1 heterocycles. The van der Waals surface area contributed by atoms with E-state index in [2.05, 4.69) is 67.6 Å². The second kappa shape index (κ2) is 39.2. The average molecular weight is 1090 g/mol. The maximum absolute atomic E-state index is 7.15. The lowest BCUT2D eigenvalue weighted by Gasteiger charge is -2.49. The molecule has 7 rings (SSSR count). The summed E-state index contributed by atoms with van der Waals surface area (Å²) in [5.41, 5.74) is 5.16. The minimum absolute atomic E-state index is 0.235. The Bertz CT molecular complexity index is 2100. The second-order valence-electron chi connectivity index (χ2n) is 21.6. The monoisotopic (exact) mass is 1080 g/mol. The van der Waals surface area contributed by atoms with Crippen molar-refractivity contribution in [2.24, 2.45) is 0 Å². The Balaban J connectivity index is 1.03. The highest BCUT2D eigenvalue weighted by Gasteiger charge is 2.55. The van der Waals surface area contributed by atoms with E-state index in [1.54, 1.807) is 0 Å². The molecule has 1 unspecified atom stereocenters. The second-order valence-corrected chi connectivity index (χ2v) is 21.6. The molecule has 5 aromatic carbocycles. The van der Waals surface area contributed by atoms with Crippen LogP contribution in [-0.4, -0.2) is 88.7 Å². The summed E-state index contributed by atoms with van der Waals surface area (Å²) in [4.78, 5) is 0. The van der Waals surface area contributed by atoms with Crippen molar-refractivity contribution in [3.63, 3.8) is 0 Å². The summed E-state index contributed by atoms with van der Waals surface area (Å²) >= 11 is 0. The Labute approximate surface area is 475 Å². The minimum Gasteiger partial charge on any atom is -0.379 e. The lowest BCUT2D eigenvalue weighted by atomic mass is 9.83. The van der Waals surface area contributed by atoms with Crippen LogP contribution in [0.2, 0.25) is 0 Å². The summed E-state index contributed by atoms with van der Waals surface area (Å²) in [6, 6.07) is 51.2. The van der Waals surface area contributed by atoms with Crippen LogP contribution in [0, 0.1) is 0 Å². The van der Waals surface area contributed by atoms with Gasteiger partial charge in [-0.1, -0.05) is 255 Å². The fraction of sp³-hybridized carbons (Fsp3) is 0.565. The summed E-state index contributed by atoms with van der Waals surface area (Å²) < 4.78 is 68.0. The van der Waals surface area contributed by atoms with Crippen LogP contribution in [0.15, 0.2) is 152 Å². The van der Waals surface area contributed by atoms with E-state index < -0.39 is 36.6 Å². The van der Waals surface area contributed by atoms with Crippen LogP contribution >= 0.6 is 0 Å². The SMILES string of the molecule is CCCCCCCCCCCCCCCCCCOC[C@H](COC1CCCCO1)OCCO[C@@H]1[C@@H](OCc2ccccc2)[C@H](OCc2ccccc2)[C@@H](OCc2ccccc2)[C@H](OCc2ccccc2)[C@@H]1OCc1ccccc1. The molecule has 1 saturated heterocycles. The molecule has 0 bridgehead atoms. The van der Waals surface area contributed by atoms with E-state index in [1.165, 1.54) is 96.3 Å². The van der Waals surface area contributed by atoms with Gasteiger partial charge in [-0.2, -0.15) is 0 Å². The molecule has 8 atom stereocenters. The molecule has 0 N–H and O–H groups in total. The first-order valence-electron chi connectivity index (χ1n) is 30.5. The van der Waals surface area contributed by atoms with E-state index >= 15 is 0 Å². The molecule has 1 saturated carbocycles. The van der Waals surface area contributed by atoms with Crippen LogP contribution in [0.1, 0.15) is 157 Å². The van der Waals surface area contributed by atoms with Crippen molar-refractivity contribution in [3.05, 3.63) is 179 Å². The molecule has 1 aliphatic heterocycles. The molecule has 10 heteroatoms. The fourth-order valence-corrected chi connectivity index (χ4v) is 10.7. The number of rotatable bonds is 42. The summed E-state index contributed by atoms with van der Waals surface area (Å²) in [7, 11) is 0. The zero-order valence-corrected chi connectivity index (χ0v) is 47.8. The predicted octanol–water partition coefficient (Wildman–Crippen LogP) is 15.5. The fourth-order valence-electron chi connectivity index (χ4n) is 10.7. The van der Waals surface area contributed by atoms with E-state index in [4.69, 9.17) is 47.4 Å². The Morgan fingerprint density at radius 3 is 1.04 bits per heavy atom. The quantitative estimate of drug-likeness (QED) is 0.0352. The molecule has 0 spiro atoms. The summed E-state index contributed by atoms with van der Waals surface area (Å²) in [5, 5.41) is 0. The van der Waals surface area contributed by atoms with Gasteiger partial charge in [-0.3, -0.25) is 0 Å². The molecular weight excluding hydrogens is 989 g/mol. The summed E-state index contributed by atoms with van der Waals surface area (Å²) in [5.74, 6) is 0. The number of hydrogen-bond donors (Lipinski definition) is 0. The third-order valence-corrected chi connectivity index (χ3v) is 15.2. The molecule has 1 aliphatic carbocycles. The zero-order valence-electron chi connectivity index (χ0n) is 47.8. The van der Waals surface area contributed by atoms with Gasteiger partial charge >= 0.3 is 0 Å². The average Bonchev–Trinajstić information content (AvgIpc) is 3.65. The van der Waals surface area contributed by atoms with Gasteiger partial charge in [0.05, 0.1) is 59.5 Å². The lowest BCUT2D eigenvalue weighted by Crippen LogP contribution is -2.67. The molecular formula is C69H96O10. The first-order valence-corrected chi connectivity index (χ1v) is 30.5. The van der Waals surface area contributed by atoms with E-state index in [-0.39, 0.29) is 25.6 Å². The van der Waals surface area contributed by atoms with Crippen LogP contribution in [-0.2, 0) is 80.4 Å². The Hall–Kier alpha value is -4.30. The van der Waals surface area contributed by atoms with Gasteiger partial charge in [-0.05, 0) is 53.5 Å². The third-order valence-electron chi connectivity index (χ3n) is 15.2. The molecule has 2 fully saturated rings. The third kappa shape index (κ3) is 24.4. The maximum atomic E-state index is 7.15. The van der Waals surface area contributed by atoms with Crippen molar-refractivity contribution in [2.45, 2.75) is 211 Å². The number of hydrogen-bond acceptors (Lipinski definition) is 10. The molecule has 0 radical (unpaired) electrons. The van der Waals surface area contributed by atoms with E-state index in [0.717, 1.165) is 53.5 Å². The van der Waals surface area contributed by atoms with Crippen molar-refractivity contribution in [2.75, 3.05) is 39.6 Å². The normalized spacial score (nSPS) is 20.8. The molecule has 79 heavy (non-hydrogen) atoms. The first-order chi connectivity index (χ1) is 39.2. The molecule has 10 nitrogen and oxygen atoms in total. The number of unbranched alkanes of at least 4 members (excludes halogenated alkanes) is 15. The zero-order chi connectivity index (χ0) is 54.5. The molecule has 0 aromatic heterocycles. The molecule has 5 aromatic rings. The Morgan fingerprint density at radius 1 is 0.354 bits per heavy atom. The van der Waals surface area contributed by atoms with Crippen LogP contribution in [0.5, 0.6) is 0 Å². The van der Waals surface area contributed by atoms with Gasteiger partial charge in [0, 0.05) is 13.2 Å². The summed E-state index contributed by atoms with van der Waals surface area (Å²) in [6.07, 6.45) is 20.0. The van der Waals surface area contributed by atoms with Gasteiger partial charge < -0.3 is 47.4 Å². The Kier molecular flexibility index (Phi) is 30.9. The standard InChI is InChI=1S/C69H96O10/c1-2-3-4-5-6-7-8-9-10-11-12-13-14-15-16-33-46-70-55-62(56-74-63-45-32-34-47-72-63)71-48-49-73-64-65(75-50-57-35-22-17-23-36-57)67(77-52-59-39-26-19-27-40-59)69(79-54-61-43-30-21-31-44-61)68(78-53-60-41-28-20-29-42-60)66(64)76-51-58-37-24-18-25-38-58/h17-31,35-44,62-69H,2-16,32-34,45-56H2,1H3/t62-,63?,64-,65-,66-,67+,68-,69-/m1/s1. The number of benzene rings is 5. The van der Waals surface area contributed by atoms with E-state index in [9.17, 15) is 0 Å². The Morgan fingerprint density at radius 2 is 0.696 bits per heavy atom. The van der Waals surface area contributed by atoms with Crippen LogP contribution in [0.4, 0.5) is 0 Å². The minimum atomic E-state index is -0.675. The highest BCUT2D eigenvalue weighted by Crippen LogP contribution is 2.36. The summed E-state index contributed by atoms with van der Waals surface area (Å²) in [6.45, 7) is 6.63. The predicted molar refractivity (Wildman–Crippen MR) is 314 cm³/mol. The van der Waals surface area contributed by atoms with Gasteiger partial charge in [0.15, 0.2) is 6.29 Å². The molecule has 2 aliphatic rings. The molecule has 432 valence electrons. The topological polar surface area (TPSA) is 92.3 Å². The lowest BCUT2D eigenvalue weighted by molar-refractivity contribution is -0.292. The van der Waals surface area contributed by atoms with E-state index in [0.29, 0.717) is 59.5 Å². The van der Waals surface area contributed by atoms with E-state index in [1.807, 2.05) is 91.0 Å². The van der Waals surface area contributed by atoms with Gasteiger partial charge in [0.2, 0.25) is 0 Å². The smallest absolute Gasteiger partial charge is 0.157 e. The van der Waals surface area contributed by atoms with Gasteiger partial charge in [-0.15, -0.1) is 0 Å². The molecule has 0 amide bonds. The largest absolute Gasteiger partial charge is 0.379 e. The highest BCUT2D eigenvalue weighted by molar-refractivity contribution is 5.18.